The minimum atomic E-state index is 0.376. The molecule has 30 heavy (non-hydrogen) atoms. The number of pyridine rings is 1. The van der Waals surface area contributed by atoms with Gasteiger partial charge in [-0.2, -0.15) is 0 Å². The van der Waals surface area contributed by atoms with Crippen molar-refractivity contribution in [3.63, 3.8) is 0 Å². The molecule has 0 radical (unpaired) electrons. The van der Waals surface area contributed by atoms with Crippen LogP contribution in [0.25, 0.3) is 33.0 Å². The van der Waals surface area contributed by atoms with Crippen molar-refractivity contribution in [1.29, 1.82) is 0 Å². The Hall–Kier alpha value is -2.80. The minimum Gasteiger partial charge on any atom is -0.351 e. The van der Waals surface area contributed by atoms with Gasteiger partial charge in [-0.15, -0.1) is 11.3 Å². The Morgan fingerprint density at radius 3 is 2.90 bits per heavy atom. The van der Waals surface area contributed by atoms with Gasteiger partial charge in [0, 0.05) is 41.0 Å². The normalized spacial score (nSPS) is 18.6. The summed E-state index contributed by atoms with van der Waals surface area (Å²) in [6, 6.07) is 4.55. The molecule has 2 N–H and O–H groups in total. The molecule has 4 heterocycles. The summed E-state index contributed by atoms with van der Waals surface area (Å²) in [5.74, 6) is 0.708. The number of aromatic amines is 1. The Bertz CT molecular complexity index is 1180. The van der Waals surface area contributed by atoms with Crippen molar-refractivity contribution in [2.24, 2.45) is 5.41 Å². The van der Waals surface area contributed by atoms with Crippen molar-refractivity contribution in [3.8, 4) is 22.0 Å². The molecule has 1 saturated carbocycles. The number of fused-ring (bicyclic) bond motifs is 1. The molecular weight excluding hydrogens is 392 g/mol. The van der Waals surface area contributed by atoms with Crippen molar-refractivity contribution < 1.29 is 0 Å². The van der Waals surface area contributed by atoms with Gasteiger partial charge in [0.05, 0.1) is 5.69 Å². The van der Waals surface area contributed by atoms with Gasteiger partial charge in [0.1, 0.15) is 16.3 Å². The van der Waals surface area contributed by atoms with Crippen LogP contribution in [0, 0.1) is 12.3 Å². The number of thiazole rings is 1. The Kier molecular flexibility index (Phi) is 4.77. The quantitative estimate of drug-likeness (QED) is 0.436. The molecule has 0 bridgehead atoms. The molecule has 154 valence electrons. The zero-order valence-corrected chi connectivity index (χ0v) is 18.4. The van der Waals surface area contributed by atoms with Crippen LogP contribution in [0.5, 0.6) is 0 Å². The summed E-state index contributed by atoms with van der Waals surface area (Å²) in [6.45, 7) is 6.75. The SMILES string of the molecule is Cc1cnc(N[C@@H]2CCCC(C)(C)C2)nc1-c1c[nH]c2nc(-c3nccs3)ccc12. The number of nitrogens with zero attached hydrogens (tertiary/aromatic N) is 4. The summed E-state index contributed by atoms with van der Waals surface area (Å²) in [7, 11) is 0. The molecule has 7 heteroatoms. The number of hydrogen-bond donors (Lipinski definition) is 2. The maximum absolute atomic E-state index is 4.90. The topological polar surface area (TPSA) is 79.4 Å². The van der Waals surface area contributed by atoms with Gasteiger partial charge < -0.3 is 10.3 Å². The van der Waals surface area contributed by atoms with Crippen molar-refractivity contribution in [3.05, 3.63) is 41.7 Å². The second-order valence-electron chi connectivity index (χ2n) is 8.96. The number of anilines is 1. The van der Waals surface area contributed by atoms with Gasteiger partial charge in [-0.25, -0.2) is 19.9 Å². The fourth-order valence-corrected chi connectivity index (χ4v) is 5.06. The lowest BCUT2D eigenvalue weighted by Gasteiger charge is -2.35. The van der Waals surface area contributed by atoms with Crippen LogP contribution in [0.2, 0.25) is 0 Å². The molecule has 0 unspecified atom stereocenters. The standard InChI is InChI=1S/C23H26N6S/c1-14-12-26-22(27-15-5-4-8-23(2,3)11-15)29-19(14)17-13-25-20-16(17)6-7-18(28-20)21-24-9-10-30-21/h6-7,9-10,12-13,15H,4-5,8,11H2,1-3H3,(H,25,28)(H,26,27,29)/t15-/m1/s1. The number of aryl methyl sites for hydroxylation is 1. The summed E-state index contributed by atoms with van der Waals surface area (Å²) in [5, 5.41) is 7.53. The van der Waals surface area contributed by atoms with E-state index in [1.165, 1.54) is 19.3 Å². The Morgan fingerprint density at radius 1 is 1.20 bits per heavy atom. The van der Waals surface area contributed by atoms with Gasteiger partial charge in [-0.1, -0.05) is 20.3 Å². The first-order valence-corrected chi connectivity index (χ1v) is 11.3. The zero-order valence-electron chi connectivity index (χ0n) is 17.6. The lowest BCUT2D eigenvalue weighted by Crippen LogP contribution is -2.32. The van der Waals surface area contributed by atoms with E-state index in [1.54, 1.807) is 17.5 Å². The lowest BCUT2D eigenvalue weighted by atomic mass is 9.75. The molecular formula is C23H26N6S. The van der Waals surface area contributed by atoms with E-state index >= 15 is 0 Å². The van der Waals surface area contributed by atoms with Crippen LogP contribution < -0.4 is 5.32 Å². The maximum Gasteiger partial charge on any atom is 0.223 e. The highest BCUT2D eigenvalue weighted by atomic mass is 32.1. The number of hydrogen-bond acceptors (Lipinski definition) is 6. The average Bonchev–Trinajstić information content (AvgIpc) is 3.38. The molecule has 0 aromatic carbocycles. The molecule has 4 aromatic heterocycles. The summed E-state index contributed by atoms with van der Waals surface area (Å²) in [5.41, 5.74) is 5.15. The van der Waals surface area contributed by atoms with Gasteiger partial charge in [-0.05, 0) is 49.3 Å². The smallest absolute Gasteiger partial charge is 0.223 e. The zero-order chi connectivity index (χ0) is 20.7. The third-order valence-electron chi connectivity index (χ3n) is 5.96. The van der Waals surface area contributed by atoms with Crippen LogP contribution in [-0.2, 0) is 0 Å². The second-order valence-corrected chi connectivity index (χ2v) is 9.85. The van der Waals surface area contributed by atoms with E-state index in [4.69, 9.17) is 9.97 Å². The fourth-order valence-electron chi connectivity index (χ4n) is 4.46. The third kappa shape index (κ3) is 3.69. The number of rotatable bonds is 4. The van der Waals surface area contributed by atoms with E-state index in [0.29, 0.717) is 17.4 Å². The molecule has 0 aliphatic heterocycles. The predicted octanol–water partition coefficient (Wildman–Crippen LogP) is 5.83. The van der Waals surface area contributed by atoms with Gasteiger partial charge >= 0.3 is 0 Å². The summed E-state index contributed by atoms with van der Waals surface area (Å²) >= 11 is 1.59. The lowest BCUT2D eigenvalue weighted by molar-refractivity contribution is 0.229. The predicted molar refractivity (Wildman–Crippen MR) is 123 cm³/mol. The molecule has 1 aliphatic rings. The summed E-state index contributed by atoms with van der Waals surface area (Å²) in [6.07, 6.45) is 10.6. The monoisotopic (exact) mass is 418 g/mol. The fraction of sp³-hybridized carbons (Fsp3) is 0.391. The Balaban J connectivity index is 1.46. The largest absolute Gasteiger partial charge is 0.351 e. The van der Waals surface area contributed by atoms with E-state index < -0.39 is 0 Å². The summed E-state index contributed by atoms with van der Waals surface area (Å²) < 4.78 is 0. The van der Waals surface area contributed by atoms with Crippen molar-refractivity contribution in [2.45, 2.75) is 52.5 Å². The molecule has 4 aromatic rings. The van der Waals surface area contributed by atoms with E-state index in [-0.39, 0.29) is 0 Å². The minimum absolute atomic E-state index is 0.376. The highest BCUT2D eigenvalue weighted by Crippen LogP contribution is 2.36. The molecule has 6 nitrogen and oxygen atoms in total. The van der Waals surface area contributed by atoms with Gasteiger partial charge in [-0.3, -0.25) is 0 Å². The molecule has 0 saturated heterocycles. The van der Waals surface area contributed by atoms with E-state index in [9.17, 15) is 0 Å². The Labute approximate surface area is 180 Å². The van der Waals surface area contributed by atoms with Crippen molar-refractivity contribution in [2.75, 3.05) is 5.32 Å². The van der Waals surface area contributed by atoms with E-state index in [2.05, 4.69) is 47.1 Å². The number of aromatic nitrogens is 5. The first-order valence-electron chi connectivity index (χ1n) is 10.5. The van der Waals surface area contributed by atoms with Crippen LogP contribution >= 0.6 is 11.3 Å². The summed E-state index contributed by atoms with van der Waals surface area (Å²) in [4.78, 5) is 21.9. The first kappa shape index (κ1) is 19.2. The molecule has 1 atom stereocenters. The van der Waals surface area contributed by atoms with Crippen LogP contribution in [0.15, 0.2) is 36.1 Å². The van der Waals surface area contributed by atoms with Gasteiger partial charge in [0.15, 0.2) is 0 Å². The molecule has 1 aliphatic carbocycles. The highest BCUT2D eigenvalue weighted by Gasteiger charge is 2.28. The van der Waals surface area contributed by atoms with Crippen LogP contribution in [0.1, 0.15) is 45.1 Å². The van der Waals surface area contributed by atoms with Crippen molar-refractivity contribution >= 4 is 28.3 Å². The second kappa shape index (κ2) is 7.47. The average molecular weight is 419 g/mol. The number of H-pyrrole nitrogens is 1. The van der Waals surface area contributed by atoms with Crippen LogP contribution in [-0.4, -0.2) is 31.0 Å². The highest BCUT2D eigenvalue weighted by molar-refractivity contribution is 7.13. The van der Waals surface area contributed by atoms with Gasteiger partial charge in [0.25, 0.3) is 0 Å². The molecule has 0 spiro atoms. The maximum atomic E-state index is 4.90. The third-order valence-corrected chi connectivity index (χ3v) is 6.75. The first-order chi connectivity index (χ1) is 14.5. The number of nitrogens with one attached hydrogen (secondary N) is 2. The van der Waals surface area contributed by atoms with Crippen molar-refractivity contribution in [1.82, 2.24) is 24.9 Å². The van der Waals surface area contributed by atoms with E-state index in [1.807, 2.05) is 23.8 Å². The molecule has 1 fully saturated rings. The van der Waals surface area contributed by atoms with Crippen LogP contribution in [0.4, 0.5) is 5.95 Å². The van der Waals surface area contributed by atoms with Gasteiger partial charge in [0.2, 0.25) is 5.95 Å². The molecule has 5 rings (SSSR count). The molecule has 0 amide bonds. The van der Waals surface area contributed by atoms with E-state index in [0.717, 1.165) is 45.0 Å². The Morgan fingerprint density at radius 2 is 2.10 bits per heavy atom. The van der Waals surface area contributed by atoms with Crippen LogP contribution in [0.3, 0.4) is 0 Å².